The highest BCUT2D eigenvalue weighted by Crippen LogP contribution is 2.19. The normalized spacial score (nSPS) is 10.5. The van der Waals surface area contributed by atoms with E-state index in [1.165, 1.54) is 24.3 Å². The van der Waals surface area contributed by atoms with E-state index in [4.69, 9.17) is 9.47 Å². The predicted molar refractivity (Wildman–Crippen MR) is 95.2 cm³/mol. The number of hydrogen-bond donors (Lipinski definition) is 0. The van der Waals surface area contributed by atoms with Gasteiger partial charge < -0.3 is 9.47 Å². The molecule has 0 N–H and O–H groups in total. The van der Waals surface area contributed by atoms with Gasteiger partial charge >= 0.3 is 5.97 Å². The number of carbonyl (C=O) groups is 2. The van der Waals surface area contributed by atoms with Crippen LogP contribution >= 0.6 is 0 Å². The minimum absolute atomic E-state index is 0.120. The number of benzene rings is 2. The Kier molecular flexibility index (Phi) is 6.21. The fourth-order valence-corrected chi connectivity index (χ4v) is 2.13. The molecule has 0 amide bonds. The molecule has 0 aromatic heterocycles. The van der Waals surface area contributed by atoms with E-state index < -0.39 is 23.3 Å². The van der Waals surface area contributed by atoms with Gasteiger partial charge in [0.05, 0.1) is 12.0 Å². The maximum Gasteiger partial charge on any atom is 0.331 e. The standard InChI is InChI=1S/C19H17NO6/c1-13-3-7-15(11-17(13)20(23)24)18(21)12-26-19(22)10-6-14-4-8-16(25-2)9-5-14/h3-11H,12H2,1-2H3/b10-6+. The molecule has 0 bridgehead atoms. The second kappa shape index (κ2) is 8.57. The Hall–Kier alpha value is -3.48. The van der Waals surface area contributed by atoms with E-state index in [1.54, 1.807) is 44.4 Å². The summed E-state index contributed by atoms with van der Waals surface area (Å²) in [7, 11) is 1.56. The molecule has 0 spiro atoms. The van der Waals surface area contributed by atoms with Crippen molar-refractivity contribution in [1.82, 2.24) is 0 Å². The molecule has 2 aromatic carbocycles. The molecule has 0 saturated carbocycles. The summed E-state index contributed by atoms with van der Waals surface area (Å²) in [6.45, 7) is 1.09. The number of ketones is 1. The number of aryl methyl sites for hydroxylation is 1. The van der Waals surface area contributed by atoms with Gasteiger partial charge in [-0.3, -0.25) is 14.9 Å². The summed E-state index contributed by atoms with van der Waals surface area (Å²) in [6, 6.07) is 11.2. The number of carbonyl (C=O) groups excluding carboxylic acids is 2. The smallest absolute Gasteiger partial charge is 0.331 e. The summed E-state index contributed by atoms with van der Waals surface area (Å²) in [4.78, 5) is 34.1. The highest BCUT2D eigenvalue weighted by molar-refractivity contribution is 5.99. The van der Waals surface area contributed by atoms with E-state index in [0.29, 0.717) is 11.3 Å². The number of hydrogen-bond acceptors (Lipinski definition) is 6. The molecule has 0 radical (unpaired) electrons. The molecular weight excluding hydrogens is 338 g/mol. The van der Waals surface area contributed by atoms with Gasteiger partial charge in [-0.15, -0.1) is 0 Å². The second-order valence-electron chi connectivity index (χ2n) is 5.40. The first-order valence-corrected chi connectivity index (χ1v) is 7.68. The van der Waals surface area contributed by atoms with Gasteiger partial charge in [-0.05, 0) is 30.7 Å². The first-order valence-electron chi connectivity index (χ1n) is 7.68. The topological polar surface area (TPSA) is 95.7 Å². The van der Waals surface area contributed by atoms with Crippen molar-refractivity contribution in [3.05, 3.63) is 75.3 Å². The van der Waals surface area contributed by atoms with E-state index in [-0.39, 0.29) is 11.3 Å². The maximum atomic E-state index is 12.0. The Labute approximate surface area is 150 Å². The molecule has 0 aliphatic heterocycles. The molecule has 0 fully saturated rings. The fraction of sp³-hybridized carbons (Fsp3) is 0.158. The first kappa shape index (κ1) is 18.9. The van der Waals surface area contributed by atoms with Crippen LogP contribution in [0, 0.1) is 17.0 Å². The summed E-state index contributed by atoms with van der Waals surface area (Å²) in [6.07, 6.45) is 2.75. The van der Waals surface area contributed by atoms with E-state index in [9.17, 15) is 19.7 Å². The number of rotatable bonds is 7. The molecule has 0 saturated heterocycles. The monoisotopic (exact) mass is 355 g/mol. The Balaban J connectivity index is 1.94. The Morgan fingerprint density at radius 1 is 1.15 bits per heavy atom. The molecule has 26 heavy (non-hydrogen) atoms. The van der Waals surface area contributed by atoms with Crippen LogP contribution in [0.1, 0.15) is 21.5 Å². The Morgan fingerprint density at radius 2 is 1.85 bits per heavy atom. The van der Waals surface area contributed by atoms with Crippen molar-refractivity contribution in [2.45, 2.75) is 6.92 Å². The van der Waals surface area contributed by atoms with Crippen molar-refractivity contribution < 1.29 is 24.0 Å². The van der Waals surface area contributed by atoms with Crippen LogP contribution in [-0.2, 0) is 9.53 Å². The third-order valence-corrected chi connectivity index (χ3v) is 3.60. The van der Waals surface area contributed by atoms with Crippen LogP contribution in [0.5, 0.6) is 5.75 Å². The zero-order valence-corrected chi connectivity index (χ0v) is 14.3. The van der Waals surface area contributed by atoms with Crippen LogP contribution in [0.15, 0.2) is 48.5 Å². The van der Waals surface area contributed by atoms with Gasteiger partial charge in [0.2, 0.25) is 5.78 Å². The van der Waals surface area contributed by atoms with Gasteiger partial charge in [0.1, 0.15) is 5.75 Å². The van der Waals surface area contributed by atoms with Crippen LogP contribution in [0.2, 0.25) is 0 Å². The summed E-state index contributed by atoms with van der Waals surface area (Å²) < 4.78 is 9.92. The maximum absolute atomic E-state index is 12.0. The zero-order chi connectivity index (χ0) is 19.1. The van der Waals surface area contributed by atoms with Gasteiger partial charge in [-0.1, -0.05) is 24.3 Å². The first-order chi connectivity index (χ1) is 12.4. The van der Waals surface area contributed by atoms with Gasteiger partial charge in [-0.2, -0.15) is 0 Å². The number of ether oxygens (including phenoxy) is 2. The molecule has 134 valence electrons. The third kappa shape index (κ3) is 5.01. The zero-order valence-electron chi connectivity index (χ0n) is 14.3. The van der Waals surface area contributed by atoms with Crippen molar-refractivity contribution in [2.24, 2.45) is 0 Å². The summed E-state index contributed by atoms with van der Waals surface area (Å²) >= 11 is 0. The van der Waals surface area contributed by atoms with Crippen molar-refractivity contribution in [3.8, 4) is 5.75 Å². The van der Waals surface area contributed by atoms with Gasteiger partial charge in [0.25, 0.3) is 5.69 Å². The SMILES string of the molecule is COc1ccc(/C=C/C(=O)OCC(=O)c2ccc(C)c([N+](=O)[O-])c2)cc1. The molecule has 0 unspecified atom stereocenters. The van der Waals surface area contributed by atoms with Crippen LogP contribution in [0.3, 0.4) is 0 Å². The molecule has 7 heteroatoms. The Bertz CT molecular complexity index is 855. The van der Waals surface area contributed by atoms with Crippen molar-refractivity contribution in [1.29, 1.82) is 0 Å². The number of nitro groups is 1. The molecule has 2 aromatic rings. The lowest BCUT2D eigenvalue weighted by molar-refractivity contribution is -0.385. The Morgan fingerprint density at radius 3 is 2.46 bits per heavy atom. The van der Waals surface area contributed by atoms with Gasteiger partial charge in [0, 0.05) is 23.3 Å². The lowest BCUT2D eigenvalue weighted by atomic mass is 10.1. The molecule has 7 nitrogen and oxygen atoms in total. The molecule has 0 heterocycles. The fourth-order valence-electron chi connectivity index (χ4n) is 2.13. The molecule has 2 rings (SSSR count). The minimum Gasteiger partial charge on any atom is -0.497 e. The van der Waals surface area contributed by atoms with E-state index >= 15 is 0 Å². The van der Waals surface area contributed by atoms with Crippen molar-refractivity contribution >= 4 is 23.5 Å². The number of nitro benzene ring substituents is 1. The predicted octanol–water partition coefficient (Wildman–Crippen LogP) is 3.35. The third-order valence-electron chi connectivity index (χ3n) is 3.60. The highest BCUT2D eigenvalue weighted by Gasteiger charge is 2.15. The molecule has 0 atom stereocenters. The molecule has 0 aliphatic carbocycles. The van der Waals surface area contributed by atoms with Crippen molar-refractivity contribution in [3.63, 3.8) is 0 Å². The average Bonchev–Trinajstić information content (AvgIpc) is 2.64. The summed E-state index contributed by atoms with van der Waals surface area (Å²) in [5.41, 5.74) is 1.19. The van der Waals surface area contributed by atoms with Crippen molar-refractivity contribution in [2.75, 3.05) is 13.7 Å². The number of nitrogens with zero attached hydrogens (tertiary/aromatic N) is 1. The quantitative estimate of drug-likeness (QED) is 0.248. The average molecular weight is 355 g/mol. The molecular formula is C19H17NO6. The lowest BCUT2D eigenvalue weighted by Gasteiger charge is -2.03. The second-order valence-corrected chi connectivity index (χ2v) is 5.40. The minimum atomic E-state index is -0.684. The van der Waals surface area contributed by atoms with E-state index in [0.717, 1.165) is 5.56 Å². The largest absolute Gasteiger partial charge is 0.497 e. The van der Waals surface area contributed by atoms with Gasteiger partial charge in [0.15, 0.2) is 6.61 Å². The van der Waals surface area contributed by atoms with E-state index in [1.807, 2.05) is 0 Å². The number of methoxy groups -OCH3 is 1. The molecule has 0 aliphatic rings. The number of Topliss-reactive ketones (excluding diaryl/α,β-unsaturated/α-hetero) is 1. The van der Waals surface area contributed by atoms with Crippen LogP contribution in [0.4, 0.5) is 5.69 Å². The van der Waals surface area contributed by atoms with Gasteiger partial charge in [-0.25, -0.2) is 4.79 Å². The summed E-state index contributed by atoms with van der Waals surface area (Å²) in [5.74, 6) is -0.502. The van der Waals surface area contributed by atoms with E-state index in [2.05, 4.69) is 0 Å². The lowest BCUT2D eigenvalue weighted by Crippen LogP contribution is -2.13. The van der Waals surface area contributed by atoms with Crippen LogP contribution in [-0.4, -0.2) is 30.4 Å². The summed E-state index contributed by atoms with van der Waals surface area (Å²) in [5, 5.41) is 10.9. The number of esters is 1. The van der Waals surface area contributed by atoms with Crippen LogP contribution < -0.4 is 4.74 Å². The highest BCUT2D eigenvalue weighted by atomic mass is 16.6. The van der Waals surface area contributed by atoms with Crippen LogP contribution in [0.25, 0.3) is 6.08 Å².